The summed E-state index contributed by atoms with van der Waals surface area (Å²) in [6, 6.07) is 22.3. The lowest BCUT2D eigenvalue weighted by atomic mass is 9.78. The maximum Gasteiger partial charge on any atom is 0.235 e. The second-order valence-electron chi connectivity index (χ2n) is 8.10. The van der Waals surface area contributed by atoms with Crippen LogP contribution in [0.15, 0.2) is 66.7 Å². The predicted octanol–water partition coefficient (Wildman–Crippen LogP) is 6.47. The number of carbonyl (C=O) groups excluding carboxylic acids is 1. The smallest absolute Gasteiger partial charge is 0.235 e. The summed E-state index contributed by atoms with van der Waals surface area (Å²) in [5, 5.41) is 5.32. The number of benzene rings is 3. The van der Waals surface area contributed by atoms with Crippen molar-refractivity contribution in [2.75, 3.05) is 5.32 Å². The third kappa shape index (κ3) is 3.74. The molecule has 3 aromatic carbocycles. The van der Waals surface area contributed by atoms with E-state index in [1.807, 2.05) is 42.5 Å². The molecule has 0 aliphatic heterocycles. The van der Waals surface area contributed by atoms with Gasteiger partial charge < -0.3 is 10.1 Å². The molecule has 29 heavy (non-hydrogen) atoms. The number of fused-ring (bicyclic) bond motifs is 1. The number of rotatable bonds is 6. The molecule has 1 amide bonds. The van der Waals surface area contributed by atoms with Crippen LogP contribution in [0.4, 0.5) is 5.69 Å². The summed E-state index contributed by atoms with van der Waals surface area (Å²) in [4.78, 5) is 13.5. The van der Waals surface area contributed by atoms with Gasteiger partial charge in [0.05, 0.1) is 11.5 Å². The molecule has 0 bridgehead atoms. The highest BCUT2D eigenvalue weighted by Gasteiger charge is 2.42. The molecule has 3 heteroatoms. The van der Waals surface area contributed by atoms with Crippen LogP contribution >= 0.6 is 0 Å². The van der Waals surface area contributed by atoms with Crippen molar-refractivity contribution in [1.82, 2.24) is 0 Å². The average molecular weight is 388 g/mol. The van der Waals surface area contributed by atoms with E-state index < -0.39 is 5.41 Å². The predicted molar refractivity (Wildman–Crippen MR) is 120 cm³/mol. The van der Waals surface area contributed by atoms with E-state index in [1.165, 1.54) is 0 Å². The third-order valence-corrected chi connectivity index (χ3v) is 6.25. The van der Waals surface area contributed by atoms with Crippen molar-refractivity contribution >= 4 is 22.4 Å². The van der Waals surface area contributed by atoms with Crippen LogP contribution in [0, 0.1) is 0 Å². The lowest BCUT2D eigenvalue weighted by Crippen LogP contribution is -2.38. The Kier molecular flexibility index (Phi) is 5.57. The number of carbonyl (C=O) groups is 1. The van der Waals surface area contributed by atoms with E-state index in [0.717, 1.165) is 59.9 Å². The van der Waals surface area contributed by atoms with Crippen molar-refractivity contribution in [3.8, 4) is 5.75 Å². The van der Waals surface area contributed by atoms with E-state index in [0.29, 0.717) is 0 Å². The van der Waals surface area contributed by atoms with Crippen LogP contribution in [0.25, 0.3) is 10.8 Å². The number of hydrogen-bond acceptors (Lipinski definition) is 2. The van der Waals surface area contributed by atoms with Gasteiger partial charge in [-0.05, 0) is 43.9 Å². The van der Waals surface area contributed by atoms with E-state index in [1.54, 1.807) is 0 Å². The minimum Gasteiger partial charge on any atom is -0.490 e. The molecule has 150 valence electrons. The van der Waals surface area contributed by atoms with Crippen LogP contribution in [0.3, 0.4) is 0 Å². The molecule has 3 aromatic rings. The quantitative estimate of drug-likeness (QED) is 0.526. The highest BCUT2D eigenvalue weighted by atomic mass is 16.5. The Hall–Kier alpha value is -2.81. The van der Waals surface area contributed by atoms with Gasteiger partial charge in [0, 0.05) is 16.5 Å². The number of anilines is 1. The first-order chi connectivity index (χ1) is 14.1. The SMILES string of the molecule is CC[C@H](C)Oc1ccc(NC(=O)C2(c3ccccc3)CCCC2)c2ccccc12. The summed E-state index contributed by atoms with van der Waals surface area (Å²) in [5.74, 6) is 0.966. The van der Waals surface area contributed by atoms with Crippen molar-refractivity contribution in [1.29, 1.82) is 0 Å². The molecule has 0 aromatic heterocycles. The van der Waals surface area contributed by atoms with Crippen molar-refractivity contribution in [3.63, 3.8) is 0 Å². The van der Waals surface area contributed by atoms with Crippen molar-refractivity contribution in [3.05, 3.63) is 72.3 Å². The molecule has 1 fully saturated rings. The van der Waals surface area contributed by atoms with Crippen LogP contribution in [-0.2, 0) is 10.2 Å². The summed E-state index contributed by atoms with van der Waals surface area (Å²) < 4.78 is 6.11. The van der Waals surface area contributed by atoms with E-state index in [2.05, 4.69) is 43.4 Å². The van der Waals surface area contributed by atoms with Crippen LogP contribution in [0.5, 0.6) is 5.75 Å². The van der Waals surface area contributed by atoms with Crippen LogP contribution < -0.4 is 10.1 Å². The summed E-state index contributed by atoms with van der Waals surface area (Å²) in [7, 11) is 0. The lowest BCUT2D eigenvalue weighted by Gasteiger charge is -2.28. The molecule has 4 rings (SSSR count). The molecule has 3 nitrogen and oxygen atoms in total. The highest BCUT2D eigenvalue weighted by molar-refractivity contribution is 6.07. The number of nitrogens with one attached hydrogen (secondary N) is 1. The summed E-state index contributed by atoms with van der Waals surface area (Å²) in [6.07, 6.45) is 5.08. The second-order valence-corrected chi connectivity index (χ2v) is 8.10. The normalized spacial score (nSPS) is 16.5. The van der Waals surface area contributed by atoms with Gasteiger partial charge in [0.1, 0.15) is 5.75 Å². The molecule has 0 radical (unpaired) electrons. The van der Waals surface area contributed by atoms with Crippen LogP contribution in [0.2, 0.25) is 0 Å². The maximum atomic E-state index is 13.5. The van der Waals surface area contributed by atoms with Gasteiger partial charge in [-0.1, -0.05) is 74.4 Å². The van der Waals surface area contributed by atoms with Gasteiger partial charge >= 0.3 is 0 Å². The van der Waals surface area contributed by atoms with Gasteiger partial charge in [0.25, 0.3) is 0 Å². The van der Waals surface area contributed by atoms with Gasteiger partial charge in [-0.3, -0.25) is 4.79 Å². The zero-order chi connectivity index (χ0) is 20.3. The summed E-state index contributed by atoms with van der Waals surface area (Å²) in [6.45, 7) is 4.19. The molecule has 0 heterocycles. The first kappa shape index (κ1) is 19.5. The van der Waals surface area contributed by atoms with E-state index in [-0.39, 0.29) is 12.0 Å². The zero-order valence-electron chi connectivity index (χ0n) is 17.3. The van der Waals surface area contributed by atoms with Gasteiger partial charge in [-0.25, -0.2) is 0 Å². The fourth-order valence-electron chi connectivity index (χ4n) is 4.41. The first-order valence-electron chi connectivity index (χ1n) is 10.7. The van der Waals surface area contributed by atoms with Crippen LogP contribution in [-0.4, -0.2) is 12.0 Å². The number of amides is 1. The molecule has 0 unspecified atom stereocenters. The van der Waals surface area contributed by atoms with Crippen molar-refractivity contribution < 1.29 is 9.53 Å². The Morgan fingerprint density at radius 2 is 1.62 bits per heavy atom. The van der Waals surface area contributed by atoms with Crippen molar-refractivity contribution in [2.45, 2.75) is 57.5 Å². The molecule has 1 aliphatic rings. The standard InChI is InChI=1S/C26H29NO2/c1-3-19(2)29-24-16-15-23(21-13-7-8-14-22(21)24)27-25(28)26(17-9-10-18-26)20-11-5-4-6-12-20/h4-8,11-16,19H,3,9-10,17-18H2,1-2H3,(H,27,28)/t19-/m0/s1. The van der Waals surface area contributed by atoms with Crippen molar-refractivity contribution in [2.24, 2.45) is 0 Å². The van der Waals surface area contributed by atoms with Gasteiger partial charge in [0.15, 0.2) is 0 Å². The Balaban J connectivity index is 1.69. The molecule has 1 atom stereocenters. The van der Waals surface area contributed by atoms with E-state index in [4.69, 9.17) is 4.74 Å². The average Bonchev–Trinajstić information content (AvgIpc) is 3.27. The molecular formula is C26H29NO2. The summed E-state index contributed by atoms with van der Waals surface area (Å²) in [5.41, 5.74) is 1.54. The number of ether oxygens (including phenoxy) is 1. The fourth-order valence-corrected chi connectivity index (χ4v) is 4.41. The Morgan fingerprint density at radius 3 is 2.31 bits per heavy atom. The van der Waals surface area contributed by atoms with Crippen LogP contribution in [0.1, 0.15) is 51.5 Å². The first-order valence-corrected chi connectivity index (χ1v) is 10.7. The topological polar surface area (TPSA) is 38.3 Å². The largest absolute Gasteiger partial charge is 0.490 e. The van der Waals surface area contributed by atoms with E-state index >= 15 is 0 Å². The van der Waals surface area contributed by atoms with E-state index in [9.17, 15) is 4.79 Å². The minimum absolute atomic E-state index is 0.0990. The summed E-state index contributed by atoms with van der Waals surface area (Å²) >= 11 is 0. The highest BCUT2D eigenvalue weighted by Crippen LogP contribution is 2.42. The zero-order valence-corrected chi connectivity index (χ0v) is 17.3. The molecule has 0 spiro atoms. The lowest BCUT2D eigenvalue weighted by molar-refractivity contribution is -0.121. The minimum atomic E-state index is -0.436. The molecule has 1 saturated carbocycles. The molecule has 0 saturated heterocycles. The fraction of sp³-hybridized carbons (Fsp3) is 0.346. The Bertz CT molecular complexity index is 990. The maximum absolute atomic E-state index is 13.5. The van der Waals surface area contributed by atoms with Gasteiger partial charge in [-0.2, -0.15) is 0 Å². The second kappa shape index (κ2) is 8.28. The molecule has 1 aliphatic carbocycles. The Morgan fingerprint density at radius 1 is 0.966 bits per heavy atom. The Labute approximate surface area is 173 Å². The monoisotopic (exact) mass is 387 g/mol. The van der Waals surface area contributed by atoms with Gasteiger partial charge in [-0.15, -0.1) is 0 Å². The molecule has 1 N–H and O–H groups in total. The third-order valence-electron chi connectivity index (χ3n) is 6.25. The molecular weight excluding hydrogens is 358 g/mol. The number of hydrogen-bond donors (Lipinski definition) is 1. The van der Waals surface area contributed by atoms with Gasteiger partial charge in [0.2, 0.25) is 5.91 Å².